The fourth-order valence-electron chi connectivity index (χ4n) is 1.86. The Labute approximate surface area is 85.1 Å². The van der Waals surface area contributed by atoms with E-state index in [4.69, 9.17) is 0 Å². The fourth-order valence-corrected chi connectivity index (χ4v) is 1.86. The van der Waals surface area contributed by atoms with E-state index in [0.717, 1.165) is 17.8 Å². The van der Waals surface area contributed by atoms with Gasteiger partial charge >= 0.3 is 0 Å². The highest BCUT2D eigenvalue weighted by Crippen LogP contribution is 2.34. The van der Waals surface area contributed by atoms with Gasteiger partial charge in [0.2, 0.25) is 0 Å². The first kappa shape index (κ1) is 13.0. The normalized spacial score (nSPS) is 17.5. The minimum absolute atomic E-state index is 0.530. The van der Waals surface area contributed by atoms with Gasteiger partial charge in [0.15, 0.2) is 0 Å². The van der Waals surface area contributed by atoms with Crippen molar-refractivity contribution in [1.29, 1.82) is 0 Å². The fraction of sp³-hybridized carbons (Fsp3) is 1.00. The van der Waals surface area contributed by atoms with E-state index in [-0.39, 0.29) is 0 Å². The molecule has 0 saturated heterocycles. The Morgan fingerprint density at radius 2 is 1.46 bits per heavy atom. The average Bonchev–Trinajstić information content (AvgIpc) is 2.02. The van der Waals surface area contributed by atoms with Gasteiger partial charge in [-0.3, -0.25) is 0 Å². The molecule has 2 atom stereocenters. The monoisotopic (exact) mass is 184 g/mol. The highest BCUT2D eigenvalue weighted by atomic mass is 14.3. The molecule has 0 saturated carbocycles. The molecule has 0 aromatic heterocycles. The lowest BCUT2D eigenvalue weighted by atomic mass is 9.74. The standard InChI is InChI=1S/C13H28/c1-8-13(6,7)9-11(4)12(5)10(2)3/h10-12H,8-9H2,1-7H3. The zero-order valence-electron chi connectivity index (χ0n) is 10.6. The molecule has 0 nitrogen and oxygen atoms in total. The zero-order valence-corrected chi connectivity index (χ0v) is 10.6. The van der Waals surface area contributed by atoms with E-state index >= 15 is 0 Å². The molecule has 0 aliphatic carbocycles. The lowest BCUT2D eigenvalue weighted by molar-refractivity contribution is 0.192. The first-order chi connectivity index (χ1) is 5.80. The van der Waals surface area contributed by atoms with Crippen LogP contribution in [0.4, 0.5) is 0 Å². The number of hydrogen-bond acceptors (Lipinski definition) is 0. The predicted molar refractivity (Wildman–Crippen MR) is 61.9 cm³/mol. The summed E-state index contributed by atoms with van der Waals surface area (Å²) in [5.41, 5.74) is 0.530. The summed E-state index contributed by atoms with van der Waals surface area (Å²) >= 11 is 0. The predicted octanol–water partition coefficient (Wildman–Crippen LogP) is 4.74. The van der Waals surface area contributed by atoms with Gasteiger partial charge in [-0.1, -0.05) is 54.9 Å². The van der Waals surface area contributed by atoms with Crippen LogP contribution >= 0.6 is 0 Å². The molecule has 0 aromatic rings. The van der Waals surface area contributed by atoms with Gasteiger partial charge in [0, 0.05) is 0 Å². The first-order valence-electron chi connectivity index (χ1n) is 5.80. The quantitative estimate of drug-likeness (QED) is 0.579. The molecular weight excluding hydrogens is 156 g/mol. The van der Waals surface area contributed by atoms with Crippen molar-refractivity contribution in [1.82, 2.24) is 0 Å². The minimum atomic E-state index is 0.530. The molecule has 0 fully saturated rings. The third-order valence-electron chi connectivity index (χ3n) is 3.78. The van der Waals surface area contributed by atoms with Gasteiger partial charge in [-0.15, -0.1) is 0 Å². The summed E-state index contributed by atoms with van der Waals surface area (Å²) in [5.74, 6) is 2.53. The molecule has 0 spiro atoms. The van der Waals surface area contributed by atoms with Gasteiger partial charge < -0.3 is 0 Å². The SMILES string of the molecule is CCC(C)(C)CC(C)C(C)C(C)C. The van der Waals surface area contributed by atoms with Crippen molar-refractivity contribution in [2.24, 2.45) is 23.2 Å². The molecule has 0 bridgehead atoms. The highest BCUT2D eigenvalue weighted by Gasteiger charge is 2.23. The van der Waals surface area contributed by atoms with Crippen LogP contribution in [0.25, 0.3) is 0 Å². The Hall–Kier alpha value is 0. The van der Waals surface area contributed by atoms with E-state index < -0.39 is 0 Å². The van der Waals surface area contributed by atoms with Crippen molar-refractivity contribution < 1.29 is 0 Å². The molecule has 0 aromatic carbocycles. The Bertz CT molecular complexity index is 133. The topological polar surface area (TPSA) is 0 Å². The molecule has 2 unspecified atom stereocenters. The molecule has 80 valence electrons. The molecule has 0 N–H and O–H groups in total. The molecule has 0 amide bonds. The maximum Gasteiger partial charge on any atom is -0.0354 e. The van der Waals surface area contributed by atoms with E-state index in [9.17, 15) is 0 Å². The van der Waals surface area contributed by atoms with E-state index in [1.165, 1.54) is 12.8 Å². The van der Waals surface area contributed by atoms with E-state index in [0.29, 0.717) is 5.41 Å². The molecule has 0 radical (unpaired) electrons. The van der Waals surface area contributed by atoms with Crippen molar-refractivity contribution >= 4 is 0 Å². The largest absolute Gasteiger partial charge is 0.0649 e. The van der Waals surface area contributed by atoms with E-state index in [1.807, 2.05) is 0 Å². The summed E-state index contributed by atoms with van der Waals surface area (Å²) in [7, 11) is 0. The van der Waals surface area contributed by atoms with Crippen molar-refractivity contribution in [3.8, 4) is 0 Å². The van der Waals surface area contributed by atoms with Gasteiger partial charge in [0.05, 0.1) is 0 Å². The van der Waals surface area contributed by atoms with Crippen molar-refractivity contribution in [3.63, 3.8) is 0 Å². The van der Waals surface area contributed by atoms with Gasteiger partial charge in [-0.05, 0) is 29.6 Å². The molecule has 0 aliphatic heterocycles. The summed E-state index contributed by atoms with van der Waals surface area (Å²) < 4.78 is 0. The summed E-state index contributed by atoms with van der Waals surface area (Å²) in [4.78, 5) is 0. The molecule has 0 heterocycles. The summed E-state index contributed by atoms with van der Waals surface area (Å²) in [5, 5.41) is 0. The van der Waals surface area contributed by atoms with E-state index in [1.54, 1.807) is 0 Å². The van der Waals surface area contributed by atoms with Crippen LogP contribution in [-0.4, -0.2) is 0 Å². The third-order valence-corrected chi connectivity index (χ3v) is 3.78. The van der Waals surface area contributed by atoms with Crippen LogP contribution in [0.2, 0.25) is 0 Å². The Morgan fingerprint density at radius 1 is 1.00 bits per heavy atom. The Balaban J connectivity index is 4.06. The average molecular weight is 184 g/mol. The molecule has 0 rings (SSSR count). The Kier molecular flexibility index (Phi) is 5.02. The smallest absolute Gasteiger partial charge is 0.0354 e. The maximum absolute atomic E-state index is 2.40. The Morgan fingerprint density at radius 3 is 1.77 bits per heavy atom. The van der Waals surface area contributed by atoms with Crippen molar-refractivity contribution in [3.05, 3.63) is 0 Å². The first-order valence-corrected chi connectivity index (χ1v) is 5.80. The third kappa shape index (κ3) is 4.69. The molecule has 13 heavy (non-hydrogen) atoms. The van der Waals surface area contributed by atoms with Crippen LogP contribution in [-0.2, 0) is 0 Å². The minimum Gasteiger partial charge on any atom is -0.0649 e. The maximum atomic E-state index is 2.40. The highest BCUT2D eigenvalue weighted by molar-refractivity contribution is 4.74. The number of rotatable bonds is 5. The second kappa shape index (κ2) is 5.02. The second-order valence-corrected chi connectivity index (χ2v) is 5.80. The van der Waals surface area contributed by atoms with Gasteiger partial charge in [0.1, 0.15) is 0 Å². The van der Waals surface area contributed by atoms with E-state index in [2.05, 4.69) is 48.5 Å². The lowest BCUT2D eigenvalue weighted by Crippen LogP contribution is -2.21. The van der Waals surface area contributed by atoms with Crippen LogP contribution in [0.1, 0.15) is 61.3 Å². The van der Waals surface area contributed by atoms with Crippen LogP contribution in [0.15, 0.2) is 0 Å². The molecule has 0 aliphatic rings. The van der Waals surface area contributed by atoms with Crippen LogP contribution in [0.5, 0.6) is 0 Å². The summed E-state index contributed by atoms with van der Waals surface area (Å²) in [6, 6.07) is 0. The van der Waals surface area contributed by atoms with Gasteiger partial charge in [0.25, 0.3) is 0 Å². The van der Waals surface area contributed by atoms with Crippen LogP contribution in [0, 0.1) is 23.2 Å². The number of hydrogen-bond donors (Lipinski definition) is 0. The van der Waals surface area contributed by atoms with Gasteiger partial charge in [-0.25, -0.2) is 0 Å². The van der Waals surface area contributed by atoms with Crippen molar-refractivity contribution in [2.75, 3.05) is 0 Å². The lowest BCUT2D eigenvalue weighted by Gasteiger charge is -2.31. The summed E-state index contributed by atoms with van der Waals surface area (Å²) in [6.45, 7) is 16.5. The van der Waals surface area contributed by atoms with Gasteiger partial charge in [-0.2, -0.15) is 0 Å². The second-order valence-electron chi connectivity index (χ2n) is 5.80. The zero-order chi connectivity index (χ0) is 10.6. The van der Waals surface area contributed by atoms with Crippen LogP contribution < -0.4 is 0 Å². The summed E-state index contributed by atoms with van der Waals surface area (Å²) in [6.07, 6.45) is 2.66. The molecular formula is C13H28. The van der Waals surface area contributed by atoms with Crippen LogP contribution in [0.3, 0.4) is 0 Å². The van der Waals surface area contributed by atoms with Crippen molar-refractivity contribution in [2.45, 2.75) is 61.3 Å². The molecule has 0 heteroatoms.